The molecule has 0 saturated heterocycles. The van der Waals surface area contributed by atoms with Gasteiger partial charge in [-0.25, -0.2) is 0 Å². The number of carbonyl (C=O) groups is 3. The number of nitrogens with zero attached hydrogens (tertiary/aromatic N) is 2. The molecule has 7 heteroatoms. The first-order chi connectivity index (χ1) is 13.9. The molecule has 0 fully saturated rings. The van der Waals surface area contributed by atoms with Crippen molar-refractivity contribution in [3.63, 3.8) is 0 Å². The Balaban J connectivity index is 1.50. The molecule has 152 valence electrons. The van der Waals surface area contributed by atoms with Crippen LogP contribution in [0.1, 0.15) is 45.2 Å². The van der Waals surface area contributed by atoms with E-state index in [4.69, 9.17) is 11.6 Å². The highest BCUT2D eigenvalue weighted by molar-refractivity contribution is 6.31. The summed E-state index contributed by atoms with van der Waals surface area (Å²) >= 11 is 6.29. The van der Waals surface area contributed by atoms with Gasteiger partial charge in [0.05, 0.1) is 17.2 Å². The fourth-order valence-electron chi connectivity index (χ4n) is 3.45. The SMILES string of the molecule is CN(C)[C@H](CNC(=O)CCCN1C(=O)c2ccccc2C1=O)c1ccccc1Cl. The Morgan fingerprint density at radius 3 is 2.21 bits per heavy atom. The summed E-state index contributed by atoms with van der Waals surface area (Å²) in [4.78, 5) is 40.2. The van der Waals surface area contributed by atoms with E-state index >= 15 is 0 Å². The van der Waals surface area contributed by atoms with Gasteiger partial charge in [0.1, 0.15) is 0 Å². The fraction of sp³-hybridized carbons (Fsp3) is 0.318. The van der Waals surface area contributed by atoms with E-state index in [1.807, 2.05) is 43.3 Å². The molecule has 0 aromatic heterocycles. The van der Waals surface area contributed by atoms with E-state index in [9.17, 15) is 14.4 Å². The molecule has 0 spiro atoms. The monoisotopic (exact) mass is 413 g/mol. The summed E-state index contributed by atoms with van der Waals surface area (Å²) < 4.78 is 0. The van der Waals surface area contributed by atoms with Gasteiger partial charge >= 0.3 is 0 Å². The van der Waals surface area contributed by atoms with Crippen LogP contribution in [0.3, 0.4) is 0 Å². The Morgan fingerprint density at radius 1 is 1.03 bits per heavy atom. The molecular weight excluding hydrogens is 390 g/mol. The molecule has 1 aliphatic rings. The van der Waals surface area contributed by atoms with Crippen molar-refractivity contribution in [2.45, 2.75) is 18.9 Å². The molecule has 0 bridgehead atoms. The summed E-state index contributed by atoms with van der Waals surface area (Å²) in [6, 6.07) is 14.3. The fourth-order valence-corrected chi connectivity index (χ4v) is 3.72. The number of imide groups is 1. The Bertz CT molecular complexity index is 894. The average molecular weight is 414 g/mol. The van der Waals surface area contributed by atoms with Gasteiger partial charge in [-0.05, 0) is 44.3 Å². The second-order valence-electron chi connectivity index (χ2n) is 7.22. The van der Waals surface area contributed by atoms with Gasteiger partial charge in [-0.3, -0.25) is 19.3 Å². The second kappa shape index (κ2) is 9.20. The van der Waals surface area contributed by atoms with Crippen molar-refractivity contribution in [1.82, 2.24) is 15.1 Å². The first-order valence-electron chi connectivity index (χ1n) is 9.53. The topological polar surface area (TPSA) is 69.7 Å². The van der Waals surface area contributed by atoms with Crippen LogP contribution in [0.15, 0.2) is 48.5 Å². The third-order valence-corrected chi connectivity index (χ3v) is 5.39. The number of benzene rings is 2. The maximum absolute atomic E-state index is 12.3. The van der Waals surface area contributed by atoms with Crippen molar-refractivity contribution in [2.24, 2.45) is 0 Å². The van der Waals surface area contributed by atoms with E-state index < -0.39 is 0 Å². The van der Waals surface area contributed by atoms with E-state index in [0.717, 1.165) is 5.56 Å². The number of hydrogen-bond acceptors (Lipinski definition) is 4. The smallest absolute Gasteiger partial charge is 0.261 e. The third-order valence-electron chi connectivity index (χ3n) is 5.04. The summed E-state index contributed by atoms with van der Waals surface area (Å²) in [5.41, 5.74) is 1.80. The molecule has 29 heavy (non-hydrogen) atoms. The zero-order valence-electron chi connectivity index (χ0n) is 16.5. The summed E-state index contributed by atoms with van der Waals surface area (Å²) in [6.45, 7) is 0.643. The third kappa shape index (κ3) is 4.66. The largest absolute Gasteiger partial charge is 0.354 e. The molecule has 0 saturated carbocycles. The maximum atomic E-state index is 12.3. The molecule has 6 nitrogen and oxygen atoms in total. The van der Waals surface area contributed by atoms with E-state index in [1.165, 1.54) is 4.90 Å². The minimum atomic E-state index is -0.294. The summed E-state index contributed by atoms with van der Waals surface area (Å²) in [6.07, 6.45) is 0.645. The standard InChI is InChI=1S/C22H24ClN3O3/c1-25(2)19(17-10-5-6-11-18(17)23)14-24-20(27)12-7-13-26-21(28)15-8-3-4-9-16(15)22(26)29/h3-6,8-11,19H,7,12-14H2,1-2H3,(H,24,27)/t19-/m1/s1. The lowest BCUT2D eigenvalue weighted by molar-refractivity contribution is -0.121. The summed E-state index contributed by atoms with van der Waals surface area (Å²) in [5.74, 6) is -0.713. The van der Waals surface area contributed by atoms with Gasteiger partial charge in [-0.1, -0.05) is 41.9 Å². The molecule has 3 amide bonds. The van der Waals surface area contributed by atoms with Crippen LogP contribution in [0, 0.1) is 0 Å². The van der Waals surface area contributed by atoms with Crippen LogP contribution in [0.5, 0.6) is 0 Å². The van der Waals surface area contributed by atoms with Gasteiger partial charge in [-0.2, -0.15) is 0 Å². The van der Waals surface area contributed by atoms with Gasteiger partial charge < -0.3 is 10.2 Å². The van der Waals surface area contributed by atoms with Crippen LogP contribution in [0.4, 0.5) is 0 Å². The highest BCUT2D eigenvalue weighted by Crippen LogP contribution is 2.25. The Labute approximate surface area is 175 Å². The normalized spacial score (nSPS) is 14.3. The van der Waals surface area contributed by atoms with E-state index in [-0.39, 0.29) is 36.7 Å². The lowest BCUT2D eigenvalue weighted by Crippen LogP contribution is -2.35. The number of rotatable bonds is 8. The van der Waals surface area contributed by atoms with Crippen molar-refractivity contribution in [3.8, 4) is 0 Å². The highest BCUT2D eigenvalue weighted by atomic mass is 35.5. The molecule has 2 aromatic rings. The minimum absolute atomic E-state index is 0.0520. The van der Waals surface area contributed by atoms with Crippen molar-refractivity contribution >= 4 is 29.3 Å². The molecule has 1 heterocycles. The Kier molecular flexibility index (Phi) is 6.67. The molecule has 1 aliphatic heterocycles. The quantitative estimate of drug-likeness (QED) is 0.675. The number of hydrogen-bond donors (Lipinski definition) is 1. The molecule has 2 aromatic carbocycles. The lowest BCUT2D eigenvalue weighted by atomic mass is 10.1. The Morgan fingerprint density at radius 2 is 1.62 bits per heavy atom. The summed E-state index contributed by atoms with van der Waals surface area (Å²) in [5, 5.41) is 3.59. The van der Waals surface area contributed by atoms with Crippen LogP contribution in [0.25, 0.3) is 0 Å². The first kappa shape index (κ1) is 21.0. The van der Waals surface area contributed by atoms with Crippen LogP contribution < -0.4 is 5.32 Å². The van der Waals surface area contributed by atoms with Crippen LogP contribution in [0.2, 0.25) is 5.02 Å². The van der Waals surface area contributed by atoms with Crippen molar-refractivity contribution in [1.29, 1.82) is 0 Å². The number of nitrogens with one attached hydrogen (secondary N) is 1. The minimum Gasteiger partial charge on any atom is -0.354 e. The highest BCUT2D eigenvalue weighted by Gasteiger charge is 2.34. The second-order valence-corrected chi connectivity index (χ2v) is 7.62. The zero-order chi connectivity index (χ0) is 21.0. The van der Waals surface area contributed by atoms with Gasteiger partial charge in [0, 0.05) is 24.5 Å². The van der Waals surface area contributed by atoms with E-state index in [0.29, 0.717) is 29.1 Å². The van der Waals surface area contributed by atoms with E-state index in [1.54, 1.807) is 24.3 Å². The molecule has 0 radical (unpaired) electrons. The number of carbonyl (C=O) groups excluding carboxylic acids is 3. The molecule has 1 N–H and O–H groups in total. The molecule has 0 unspecified atom stereocenters. The van der Waals surface area contributed by atoms with Crippen molar-refractivity contribution < 1.29 is 14.4 Å². The van der Waals surface area contributed by atoms with E-state index in [2.05, 4.69) is 5.32 Å². The van der Waals surface area contributed by atoms with Gasteiger partial charge in [-0.15, -0.1) is 0 Å². The summed E-state index contributed by atoms with van der Waals surface area (Å²) in [7, 11) is 3.87. The first-order valence-corrected chi connectivity index (χ1v) is 9.90. The molecule has 3 rings (SSSR count). The average Bonchev–Trinajstić information content (AvgIpc) is 2.94. The Hall–Kier alpha value is -2.70. The maximum Gasteiger partial charge on any atom is 0.261 e. The lowest BCUT2D eigenvalue weighted by Gasteiger charge is -2.26. The van der Waals surface area contributed by atoms with Crippen LogP contribution in [-0.2, 0) is 4.79 Å². The van der Waals surface area contributed by atoms with Gasteiger partial charge in [0.25, 0.3) is 11.8 Å². The van der Waals surface area contributed by atoms with Gasteiger partial charge in [0.15, 0.2) is 0 Å². The number of halogens is 1. The predicted molar refractivity (Wildman–Crippen MR) is 112 cm³/mol. The number of amides is 3. The molecule has 0 aliphatic carbocycles. The predicted octanol–water partition coefficient (Wildman–Crippen LogP) is 3.14. The number of fused-ring (bicyclic) bond motifs is 1. The van der Waals surface area contributed by atoms with Crippen molar-refractivity contribution in [3.05, 3.63) is 70.2 Å². The van der Waals surface area contributed by atoms with Crippen LogP contribution in [-0.4, -0.2) is 54.7 Å². The molecule has 1 atom stereocenters. The number of likely N-dealkylation sites (N-methyl/N-ethyl adjacent to an activating group) is 1. The van der Waals surface area contributed by atoms with Crippen LogP contribution >= 0.6 is 11.6 Å². The zero-order valence-corrected chi connectivity index (χ0v) is 17.3. The van der Waals surface area contributed by atoms with Gasteiger partial charge in [0.2, 0.25) is 5.91 Å². The van der Waals surface area contributed by atoms with Crippen molar-refractivity contribution in [2.75, 3.05) is 27.2 Å². The molecular formula is C22H24ClN3O3.